The van der Waals surface area contributed by atoms with E-state index in [1.54, 1.807) is 0 Å². The molecule has 48 nitrogen and oxygen atoms in total. The molecule has 732 valence electrons. The molecule has 25 N–H and O–H groups in total. The summed E-state index contributed by atoms with van der Waals surface area (Å²) >= 11 is 3.49. The van der Waals surface area contributed by atoms with E-state index in [2.05, 4.69) is 76.3 Å². The molecule has 13 rings (SSSR count). The molecule has 0 bridgehead atoms. The molecule has 49 heteroatoms. The molecule has 12 aromatic rings. The monoisotopic (exact) mass is 2020 g/mol. The van der Waals surface area contributed by atoms with Crippen molar-refractivity contribution in [1.82, 2.24) is 9.88 Å². The number of aromatic nitrogens is 1. The molecule has 0 spiro atoms. The summed E-state index contributed by atoms with van der Waals surface area (Å²) in [4.78, 5) is 149. The number of phenolic OH excluding ortho intramolecular Hbond substituents is 25. The van der Waals surface area contributed by atoms with E-state index in [4.69, 9.17) is 52.1 Å². The molecular formula is C92H71BrN2O46. The lowest BCUT2D eigenvalue weighted by Crippen LogP contribution is -2.63. The number of carbonyl (C=O) groups excluding carboxylic acids is 10. The topological polar surface area (TPSA) is 794 Å². The number of pyridine rings is 1. The molecule has 1 fully saturated rings. The molecule has 1 aromatic heterocycles. The summed E-state index contributed by atoms with van der Waals surface area (Å²) in [5, 5.41) is 261. The number of rotatable bonds is 26. The summed E-state index contributed by atoms with van der Waals surface area (Å²) in [6.45, 7) is -0.655. The van der Waals surface area contributed by atoms with Crippen LogP contribution >= 0.6 is 15.9 Å². The number of ether oxygens (including phenoxy) is 11. The standard InChI is InChI=1S/C76H52O46.C16H19BrN2/c77-32-1-22(2-33(78)53(32)92)67(103)113-47-16-27(11-42(87)58(47)97)66(102)112-21-52-63(119-72(108)28-12-43(88)59(98)48(17-28)114-68(104)23-3-34(79)54(93)35(80)4-23)64(120-73(109)29-13-44(89)60(99)49(18-29)115-69(105)24-5-36(81)55(94)37(82)6-24)65(121-74(110)30-14-45(90)61(100)50(19-30)116-70(106)25-7-38(83)56(95)39(84)8-25)76(118-52)122-75(111)31-15-46(91)62(101)51(20-31)117-71(107)26-9-40(85)57(96)41(86)10-26;1-19(2)12-10-15(16-5-3-4-11-18-16)13-6-8-14(17)9-7-13/h1-20,52,63-65,76-101H,21H2;3-9,11,15H,10,12H2,1-2H3/t52-,63-,64+,65-,76+;15-/m10/s1. The van der Waals surface area contributed by atoms with Gasteiger partial charge in [0.25, 0.3) is 0 Å². The van der Waals surface area contributed by atoms with Gasteiger partial charge in [0.1, 0.15) is 12.7 Å². The number of benzene rings is 11. The lowest BCUT2D eigenvalue weighted by Gasteiger charge is -2.43. The Morgan fingerprint density at radius 3 is 0.823 bits per heavy atom. The van der Waals surface area contributed by atoms with Crippen molar-refractivity contribution < 1.29 is 228 Å². The van der Waals surface area contributed by atoms with E-state index in [1.807, 2.05) is 12.3 Å². The summed E-state index contributed by atoms with van der Waals surface area (Å²) < 4.78 is 61.5. The van der Waals surface area contributed by atoms with Crippen LogP contribution in [0.2, 0.25) is 0 Å². The Labute approximate surface area is 793 Å². The number of hydrogen-bond acceptors (Lipinski definition) is 48. The van der Waals surface area contributed by atoms with Gasteiger partial charge < -0.3 is 185 Å². The first-order chi connectivity index (χ1) is 66.5. The van der Waals surface area contributed by atoms with Crippen molar-refractivity contribution in [3.63, 3.8) is 0 Å². The van der Waals surface area contributed by atoms with Crippen LogP contribution in [0.1, 0.15) is 127 Å². The van der Waals surface area contributed by atoms with Gasteiger partial charge in [0.05, 0.1) is 55.6 Å². The average Bonchev–Trinajstić information content (AvgIpc) is 0.762. The number of phenols is 25. The second-order valence-corrected chi connectivity index (χ2v) is 31.0. The number of aromatic hydroxyl groups is 25. The van der Waals surface area contributed by atoms with Crippen LogP contribution < -0.4 is 23.7 Å². The number of carbonyl (C=O) groups is 10. The Balaban J connectivity index is 0.000000831. The summed E-state index contributed by atoms with van der Waals surface area (Å²) in [7, 11) is 4.22. The first-order valence-electron chi connectivity index (χ1n) is 39.7. The Hall–Kier alpha value is -19.3. The van der Waals surface area contributed by atoms with Gasteiger partial charge in [0, 0.05) is 22.3 Å². The zero-order valence-corrected chi connectivity index (χ0v) is 72.9. The summed E-state index contributed by atoms with van der Waals surface area (Å²) in [6.07, 6.45) is -12.1. The maximum absolute atomic E-state index is 15.3. The first kappa shape index (κ1) is 101. The van der Waals surface area contributed by atoms with Crippen LogP contribution in [0.15, 0.2) is 174 Å². The molecule has 6 atom stereocenters. The third-order valence-corrected chi connectivity index (χ3v) is 20.6. The normalized spacial score (nSPS) is 14.4. The molecule has 1 saturated heterocycles. The fourth-order valence-electron chi connectivity index (χ4n) is 13.0. The predicted octanol–water partition coefficient (Wildman–Crippen LogP) is 8.77. The van der Waals surface area contributed by atoms with Gasteiger partial charge in [-0.1, -0.05) is 34.1 Å². The highest BCUT2D eigenvalue weighted by atomic mass is 79.9. The van der Waals surface area contributed by atoms with Crippen molar-refractivity contribution in [3.05, 3.63) is 241 Å². The Morgan fingerprint density at radius 1 is 0.305 bits per heavy atom. The quantitative estimate of drug-likeness (QED) is 0.0104. The minimum atomic E-state index is -3.12. The van der Waals surface area contributed by atoms with Crippen LogP contribution in [0.25, 0.3) is 0 Å². The largest absolute Gasteiger partial charge is 0.504 e. The van der Waals surface area contributed by atoms with E-state index in [-0.39, 0.29) is 0 Å². The van der Waals surface area contributed by atoms with E-state index in [0.29, 0.717) is 127 Å². The van der Waals surface area contributed by atoms with Crippen LogP contribution in [0.4, 0.5) is 0 Å². The van der Waals surface area contributed by atoms with Gasteiger partial charge in [0.15, 0.2) is 156 Å². The SMILES string of the molecule is CN(C)CC[C@@H](c1ccc(Br)cc1)c1ccccn1.O=C(OC[C@H]1O[C@@H](OC(=O)c2cc(O)c(O)c(OC(=O)c3cc(O)c(O)c(O)c3)c2)[C@H](OC(=O)c2cc(O)c(O)c(OC(=O)c3cc(O)c(O)c(O)c3)c2)[C@@H](OC(=O)c2cc(O)c(O)c(OC(=O)c3cc(O)c(O)c(O)c3)c2)[C@@H]1OC(=O)c1cc(O)c(O)c(OC(=O)c2cc(O)c(O)c(O)c2)c1)c1cc(O)c(O)c(OC(=O)c2cc(O)c(O)c(O)c2)c1. The maximum atomic E-state index is 15.3. The molecule has 0 amide bonds. The number of nitrogens with zero attached hydrogens (tertiary/aromatic N) is 2. The number of hydrogen-bond donors (Lipinski definition) is 25. The van der Waals surface area contributed by atoms with Gasteiger partial charge in [-0.05, 0) is 178 Å². The van der Waals surface area contributed by atoms with Gasteiger partial charge in [0.2, 0.25) is 41.1 Å². The van der Waals surface area contributed by atoms with Crippen molar-refractivity contribution in [2.24, 2.45) is 0 Å². The molecule has 11 aromatic carbocycles. The van der Waals surface area contributed by atoms with Crippen molar-refractivity contribution in [3.8, 4) is 172 Å². The molecule has 0 saturated carbocycles. The summed E-state index contributed by atoms with van der Waals surface area (Å²) in [6, 6.07) is 23.3. The van der Waals surface area contributed by atoms with Crippen molar-refractivity contribution in [2.45, 2.75) is 43.0 Å². The molecule has 1 aliphatic rings. The molecular weight excluding hydrogens is 1950 g/mol. The summed E-state index contributed by atoms with van der Waals surface area (Å²) in [5.74, 6) is -55.6. The van der Waals surface area contributed by atoms with Crippen LogP contribution in [-0.2, 0) is 28.4 Å². The fraction of sp³-hybridized carbons (Fsp3) is 0.120. The Kier molecular flexibility index (Phi) is 29.7. The van der Waals surface area contributed by atoms with Gasteiger partial charge in [-0.3, -0.25) is 4.98 Å². The van der Waals surface area contributed by atoms with Gasteiger partial charge in [-0.2, -0.15) is 0 Å². The van der Waals surface area contributed by atoms with E-state index in [0.717, 1.165) is 23.1 Å². The van der Waals surface area contributed by atoms with E-state index in [1.165, 1.54) is 5.56 Å². The minimum Gasteiger partial charge on any atom is -0.504 e. The average molecular weight is 2020 g/mol. The first-order valence-corrected chi connectivity index (χ1v) is 40.5. The van der Waals surface area contributed by atoms with Crippen LogP contribution in [0, 0.1) is 0 Å². The van der Waals surface area contributed by atoms with Crippen LogP contribution in [-0.4, -0.2) is 255 Å². The smallest absolute Gasteiger partial charge is 0.343 e. The third kappa shape index (κ3) is 22.9. The molecule has 0 radical (unpaired) electrons. The molecule has 141 heavy (non-hydrogen) atoms. The highest BCUT2D eigenvalue weighted by Crippen LogP contribution is 2.48. The van der Waals surface area contributed by atoms with Crippen LogP contribution in [0.3, 0.4) is 0 Å². The highest BCUT2D eigenvalue weighted by Gasteiger charge is 2.55. The minimum absolute atomic E-state index is 0.295. The predicted molar refractivity (Wildman–Crippen MR) is 466 cm³/mol. The van der Waals surface area contributed by atoms with Crippen LogP contribution in [0.5, 0.6) is 172 Å². The fourth-order valence-corrected chi connectivity index (χ4v) is 13.3. The Bertz CT molecular complexity index is 6910. The van der Waals surface area contributed by atoms with E-state index >= 15 is 14.4 Å². The van der Waals surface area contributed by atoms with Gasteiger partial charge >= 0.3 is 59.7 Å². The number of esters is 10. The maximum Gasteiger partial charge on any atom is 0.343 e. The van der Waals surface area contributed by atoms with E-state index in [9.17, 15) is 161 Å². The van der Waals surface area contributed by atoms with Crippen molar-refractivity contribution >= 4 is 75.6 Å². The molecule has 0 unspecified atom stereocenters. The highest BCUT2D eigenvalue weighted by molar-refractivity contribution is 9.10. The molecule has 0 aliphatic carbocycles. The molecule has 1 aliphatic heterocycles. The third-order valence-electron chi connectivity index (χ3n) is 20.1. The van der Waals surface area contributed by atoms with E-state index < -0.39 is 325 Å². The molecule has 2 heterocycles. The lowest BCUT2D eigenvalue weighted by molar-refractivity contribution is -0.282. The zero-order chi connectivity index (χ0) is 103. The lowest BCUT2D eigenvalue weighted by atomic mass is 9.92. The number of halogens is 1. The second-order valence-electron chi connectivity index (χ2n) is 30.1. The van der Waals surface area contributed by atoms with Crippen molar-refractivity contribution in [2.75, 3.05) is 27.2 Å². The second kappa shape index (κ2) is 41.7. The summed E-state index contributed by atoms with van der Waals surface area (Å²) in [5.41, 5.74) is -7.42. The van der Waals surface area contributed by atoms with Crippen molar-refractivity contribution in [1.29, 1.82) is 0 Å². The van der Waals surface area contributed by atoms with Gasteiger partial charge in [-0.25, -0.2) is 47.9 Å². The zero-order valence-electron chi connectivity index (χ0n) is 71.3. The Morgan fingerprint density at radius 2 is 0.553 bits per heavy atom. The van der Waals surface area contributed by atoms with Gasteiger partial charge in [-0.15, -0.1) is 0 Å².